The highest BCUT2D eigenvalue weighted by atomic mass is 32.2. The molecule has 0 saturated carbocycles. The first kappa shape index (κ1) is 24.0. The molecule has 12 heteroatoms. The first-order chi connectivity index (χ1) is 15.8. The van der Waals surface area contributed by atoms with Crippen molar-refractivity contribution >= 4 is 23.6 Å². The largest absolute Gasteiger partial charge is 0.465 e. The monoisotopic (exact) mass is 477 g/mol. The summed E-state index contributed by atoms with van der Waals surface area (Å²) >= 11 is 1.12. The van der Waals surface area contributed by atoms with Crippen LogP contribution in [-0.4, -0.2) is 45.7 Å². The third kappa shape index (κ3) is 6.19. The van der Waals surface area contributed by atoms with Crippen LogP contribution >= 0.6 is 11.8 Å². The number of aromatic nitrogens is 3. The normalized spacial score (nSPS) is 11.8. The zero-order chi connectivity index (χ0) is 24.0. The lowest BCUT2D eigenvalue weighted by atomic mass is 10.1. The maximum absolute atomic E-state index is 12.5. The maximum Gasteiger partial charge on any atom is 0.387 e. The van der Waals surface area contributed by atoms with Gasteiger partial charge in [0.05, 0.1) is 17.9 Å². The van der Waals surface area contributed by atoms with E-state index in [0.717, 1.165) is 17.3 Å². The van der Waals surface area contributed by atoms with Crippen LogP contribution < -0.4 is 15.9 Å². The quantitative estimate of drug-likeness (QED) is 0.274. The molecule has 1 aromatic heterocycles. The molecule has 1 heterocycles. The predicted octanol–water partition coefficient (Wildman–Crippen LogP) is 2.84. The highest BCUT2D eigenvalue weighted by molar-refractivity contribution is 8.00. The van der Waals surface area contributed by atoms with Gasteiger partial charge in [-0.1, -0.05) is 23.9 Å². The van der Waals surface area contributed by atoms with Crippen molar-refractivity contribution in [2.45, 2.75) is 30.5 Å². The molecule has 0 fully saturated rings. The lowest BCUT2D eigenvalue weighted by Crippen LogP contribution is -2.30. The Bertz CT molecular complexity index is 1110. The van der Waals surface area contributed by atoms with E-state index in [0.29, 0.717) is 22.1 Å². The average Bonchev–Trinajstić information content (AvgIpc) is 3.17. The molecule has 1 unspecified atom stereocenters. The molecule has 0 bridgehead atoms. The van der Waals surface area contributed by atoms with Crippen LogP contribution in [0.25, 0.3) is 11.4 Å². The van der Waals surface area contributed by atoms with Gasteiger partial charge in [-0.3, -0.25) is 4.79 Å². The molecule has 0 aliphatic rings. The molecular formula is C21H21F2N5O4S. The van der Waals surface area contributed by atoms with Crippen LogP contribution in [0.5, 0.6) is 5.75 Å². The maximum atomic E-state index is 12.5. The number of ether oxygens (including phenoxy) is 2. The van der Waals surface area contributed by atoms with Gasteiger partial charge in [-0.15, -0.1) is 10.2 Å². The minimum atomic E-state index is -2.91. The number of alkyl halides is 2. The molecule has 0 radical (unpaired) electrons. The number of rotatable bonds is 9. The second-order valence-corrected chi connectivity index (χ2v) is 8.05. The van der Waals surface area contributed by atoms with Crippen LogP contribution in [0.15, 0.2) is 53.7 Å². The molecule has 3 N–H and O–H groups in total. The fourth-order valence-corrected chi connectivity index (χ4v) is 3.56. The van der Waals surface area contributed by atoms with E-state index < -0.39 is 17.8 Å². The molecule has 174 valence electrons. The van der Waals surface area contributed by atoms with Crippen LogP contribution in [0.1, 0.15) is 22.8 Å². The number of nitrogens with one attached hydrogen (secondary N) is 1. The van der Waals surface area contributed by atoms with Gasteiger partial charge in [0.2, 0.25) is 11.1 Å². The summed E-state index contributed by atoms with van der Waals surface area (Å²) in [4.78, 5) is 24.0. The van der Waals surface area contributed by atoms with E-state index in [1.807, 2.05) is 0 Å². The van der Waals surface area contributed by atoms with Gasteiger partial charge < -0.3 is 20.6 Å². The fraction of sp³-hybridized carbons (Fsp3) is 0.238. The number of hydrogen-bond acceptors (Lipinski definition) is 8. The summed E-state index contributed by atoms with van der Waals surface area (Å²) in [5.41, 5.74) is 1.79. The summed E-state index contributed by atoms with van der Waals surface area (Å²) in [7, 11) is 1.31. The first-order valence-corrected chi connectivity index (χ1v) is 10.5. The Balaban J connectivity index is 1.57. The Hall–Kier alpha value is -3.67. The standard InChI is InChI=1S/C21H21F2N5O4S/c1-12(18(29)25-11-13-3-5-15(6-4-13)19(30)31-2)33-21-27-26-17(28(21)24)14-7-9-16(10-8-14)32-20(22)23/h3-10,12,20H,11,24H2,1-2H3,(H,25,29). The molecule has 3 aromatic rings. The molecular weight excluding hydrogens is 456 g/mol. The molecule has 9 nitrogen and oxygen atoms in total. The number of hydrogen-bond donors (Lipinski definition) is 2. The first-order valence-electron chi connectivity index (χ1n) is 9.66. The lowest BCUT2D eigenvalue weighted by molar-refractivity contribution is -0.120. The van der Waals surface area contributed by atoms with Gasteiger partial charge in [-0.25, -0.2) is 9.47 Å². The topological polar surface area (TPSA) is 121 Å². The molecule has 1 atom stereocenters. The van der Waals surface area contributed by atoms with Gasteiger partial charge in [0, 0.05) is 12.1 Å². The summed E-state index contributed by atoms with van der Waals surface area (Å²) < 4.78 is 34.8. The highest BCUT2D eigenvalue weighted by Gasteiger charge is 2.20. The number of methoxy groups -OCH3 is 1. The van der Waals surface area contributed by atoms with Crippen molar-refractivity contribution in [3.63, 3.8) is 0 Å². The number of carbonyl (C=O) groups excluding carboxylic acids is 2. The SMILES string of the molecule is COC(=O)c1ccc(CNC(=O)C(C)Sc2nnc(-c3ccc(OC(F)F)cc3)n2N)cc1. The van der Waals surface area contributed by atoms with E-state index in [2.05, 4.69) is 25.0 Å². The van der Waals surface area contributed by atoms with E-state index in [1.54, 1.807) is 31.2 Å². The zero-order valence-electron chi connectivity index (χ0n) is 17.7. The van der Waals surface area contributed by atoms with Gasteiger partial charge in [-0.2, -0.15) is 8.78 Å². The zero-order valence-corrected chi connectivity index (χ0v) is 18.5. The van der Waals surface area contributed by atoms with E-state index in [4.69, 9.17) is 5.84 Å². The number of benzene rings is 2. The van der Waals surface area contributed by atoms with Crippen molar-refractivity contribution in [1.29, 1.82) is 0 Å². The fourth-order valence-electron chi connectivity index (χ4n) is 2.76. The predicted molar refractivity (Wildman–Crippen MR) is 117 cm³/mol. The van der Waals surface area contributed by atoms with E-state index in [-0.39, 0.29) is 18.2 Å². The van der Waals surface area contributed by atoms with Gasteiger partial charge in [-0.05, 0) is 48.9 Å². The Labute approximate surface area is 192 Å². The van der Waals surface area contributed by atoms with Gasteiger partial charge in [0.25, 0.3) is 0 Å². The summed E-state index contributed by atoms with van der Waals surface area (Å²) in [5.74, 6) is 5.71. The smallest absolute Gasteiger partial charge is 0.387 e. The number of esters is 1. The number of halogens is 2. The summed E-state index contributed by atoms with van der Waals surface area (Å²) in [6.45, 7) is -0.937. The van der Waals surface area contributed by atoms with Crippen molar-refractivity contribution < 1.29 is 27.8 Å². The summed E-state index contributed by atoms with van der Waals surface area (Å²) in [6.07, 6.45) is 0. The van der Waals surface area contributed by atoms with E-state index >= 15 is 0 Å². The highest BCUT2D eigenvalue weighted by Crippen LogP contribution is 2.26. The molecule has 2 aromatic carbocycles. The van der Waals surface area contributed by atoms with Crippen LogP contribution in [-0.2, 0) is 16.1 Å². The van der Waals surface area contributed by atoms with Crippen molar-refractivity contribution in [3.8, 4) is 17.1 Å². The minimum absolute atomic E-state index is 0.0108. The van der Waals surface area contributed by atoms with Gasteiger partial charge >= 0.3 is 12.6 Å². The third-order valence-electron chi connectivity index (χ3n) is 4.50. The van der Waals surface area contributed by atoms with E-state index in [1.165, 1.54) is 36.1 Å². The molecule has 0 aliphatic carbocycles. The second-order valence-electron chi connectivity index (χ2n) is 6.75. The Morgan fingerprint density at radius 1 is 1.12 bits per heavy atom. The van der Waals surface area contributed by atoms with Crippen molar-refractivity contribution in [3.05, 3.63) is 59.7 Å². The van der Waals surface area contributed by atoms with Gasteiger partial charge in [0.15, 0.2) is 5.82 Å². The number of thioether (sulfide) groups is 1. The molecule has 0 spiro atoms. The number of carbonyl (C=O) groups is 2. The minimum Gasteiger partial charge on any atom is -0.465 e. The molecule has 1 amide bonds. The Kier molecular flexibility index (Phi) is 7.83. The average molecular weight is 477 g/mol. The van der Waals surface area contributed by atoms with E-state index in [9.17, 15) is 18.4 Å². The number of nitrogens with two attached hydrogens (primary N) is 1. The summed E-state index contributed by atoms with van der Waals surface area (Å²) in [5, 5.41) is 10.6. The number of nitrogen functional groups attached to an aromatic ring is 1. The van der Waals surface area contributed by atoms with Gasteiger partial charge in [0.1, 0.15) is 5.75 Å². The number of amides is 1. The molecule has 0 aliphatic heterocycles. The van der Waals surface area contributed by atoms with Crippen molar-refractivity contribution in [2.75, 3.05) is 13.0 Å². The molecule has 3 rings (SSSR count). The third-order valence-corrected chi connectivity index (χ3v) is 5.55. The van der Waals surface area contributed by atoms with Crippen LogP contribution in [0.2, 0.25) is 0 Å². The van der Waals surface area contributed by atoms with Crippen LogP contribution in [0.3, 0.4) is 0 Å². The molecule has 33 heavy (non-hydrogen) atoms. The Morgan fingerprint density at radius 3 is 2.39 bits per heavy atom. The lowest BCUT2D eigenvalue weighted by Gasteiger charge is -2.12. The molecule has 0 saturated heterocycles. The van der Waals surface area contributed by atoms with Crippen molar-refractivity contribution in [2.24, 2.45) is 0 Å². The summed E-state index contributed by atoms with van der Waals surface area (Å²) in [6, 6.07) is 12.5. The van der Waals surface area contributed by atoms with Crippen LogP contribution in [0.4, 0.5) is 8.78 Å². The van der Waals surface area contributed by atoms with Crippen molar-refractivity contribution in [1.82, 2.24) is 20.2 Å². The number of nitrogens with zero attached hydrogens (tertiary/aromatic N) is 3. The van der Waals surface area contributed by atoms with Crippen LogP contribution in [0, 0.1) is 0 Å². The Morgan fingerprint density at radius 2 is 1.79 bits per heavy atom. The second kappa shape index (κ2) is 10.8.